The third-order valence-corrected chi connectivity index (χ3v) is 4.84. The van der Waals surface area contributed by atoms with E-state index in [0.29, 0.717) is 0 Å². The summed E-state index contributed by atoms with van der Waals surface area (Å²) in [7, 11) is 4.18. The average Bonchev–Trinajstić information content (AvgIpc) is 3.15. The van der Waals surface area contributed by atoms with Crippen molar-refractivity contribution in [3.8, 4) is 11.1 Å². The minimum atomic E-state index is -0.0447. The fraction of sp³-hybridized carbons (Fsp3) is 0.238. The first kappa shape index (κ1) is 16.5. The fourth-order valence-electron chi connectivity index (χ4n) is 3.57. The molecule has 0 saturated carbocycles. The summed E-state index contributed by atoms with van der Waals surface area (Å²) in [5.74, 6) is 0. The van der Waals surface area contributed by atoms with Gasteiger partial charge in [0.05, 0.1) is 11.6 Å². The topological polar surface area (TPSA) is 64.8 Å². The first-order valence-corrected chi connectivity index (χ1v) is 8.84. The Hall–Kier alpha value is -2.92. The largest absolute Gasteiger partial charge is 0.329 e. The molecule has 0 fully saturated rings. The second-order valence-corrected chi connectivity index (χ2v) is 6.96. The van der Waals surface area contributed by atoms with Gasteiger partial charge in [0.15, 0.2) is 0 Å². The van der Waals surface area contributed by atoms with Crippen LogP contribution in [0.2, 0.25) is 0 Å². The molecule has 0 radical (unpaired) electrons. The molecular weight excluding hydrogens is 324 g/mol. The lowest BCUT2D eigenvalue weighted by molar-refractivity contribution is 0.400. The summed E-state index contributed by atoms with van der Waals surface area (Å²) < 4.78 is 0. The van der Waals surface area contributed by atoms with Crippen molar-refractivity contribution in [3.63, 3.8) is 0 Å². The van der Waals surface area contributed by atoms with Gasteiger partial charge in [-0.05, 0) is 72.9 Å². The number of hydrogen-bond donors (Lipinski definition) is 2. The predicted molar refractivity (Wildman–Crippen MR) is 107 cm³/mol. The number of pyridine rings is 1. The Morgan fingerprint density at radius 1 is 1.08 bits per heavy atom. The van der Waals surface area contributed by atoms with Gasteiger partial charge < -0.3 is 9.88 Å². The van der Waals surface area contributed by atoms with E-state index in [-0.39, 0.29) is 5.56 Å². The summed E-state index contributed by atoms with van der Waals surface area (Å²) in [6.07, 6.45) is 7.46. The van der Waals surface area contributed by atoms with E-state index < -0.39 is 0 Å². The van der Waals surface area contributed by atoms with E-state index in [1.807, 2.05) is 12.3 Å². The number of fused-ring (bicyclic) bond motifs is 3. The highest BCUT2D eigenvalue weighted by Gasteiger charge is 2.11. The average molecular weight is 346 g/mol. The molecule has 2 heterocycles. The van der Waals surface area contributed by atoms with Crippen LogP contribution in [0.4, 0.5) is 0 Å². The second kappa shape index (κ2) is 6.77. The monoisotopic (exact) mass is 346 g/mol. The van der Waals surface area contributed by atoms with E-state index in [9.17, 15) is 4.79 Å². The van der Waals surface area contributed by atoms with Crippen molar-refractivity contribution in [2.24, 2.45) is 0 Å². The minimum absolute atomic E-state index is 0.0447. The van der Waals surface area contributed by atoms with Crippen molar-refractivity contribution in [2.45, 2.75) is 12.8 Å². The molecule has 0 aliphatic heterocycles. The predicted octanol–water partition coefficient (Wildman–Crippen LogP) is 3.57. The van der Waals surface area contributed by atoms with Crippen LogP contribution < -0.4 is 5.56 Å². The highest BCUT2D eigenvalue weighted by Crippen LogP contribution is 2.31. The standard InChI is InChI=1S/C21H22N4O/c1-25(2)9-3-4-15-10-16-7-8-22-21(26)20(16)19-11-14(5-6-18(15)19)17-12-23-24-13-17/h5-8,10-13H,3-4,9H2,1-2H3,(H,22,26)(H,23,24). The summed E-state index contributed by atoms with van der Waals surface area (Å²) in [6, 6.07) is 10.5. The SMILES string of the molecule is CN(C)CCCc1cc2cc[nH]c(=O)c2c2cc(-c3cn[nH]c3)ccc12. The molecule has 26 heavy (non-hydrogen) atoms. The summed E-state index contributed by atoms with van der Waals surface area (Å²) in [5, 5.41) is 10.8. The van der Waals surface area contributed by atoms with Gasteiger partial charge in [0.1, 0.15) is 0 Å². The van der Waals surface area contributed by atoms with Crippen molar-refractivity contribution in [3.05, 3.63) is 64.8 Å². The molecule has 0 atom stereocenters. The molecule has 2 aromatic heterocycles. The van der Waals surface area contributed by atoms with Crippen LogP contribution in [0, 0.1) is 0 Å². The fourth-order valence-corrected chi connectivity index (χ4v) is 3.57. The summed E-state index contributed by atoms with van der Waals surface area (Å²) in [4.78, 5) is 17.5. The maximum Gasteiger partial charge on any atom is 0.256 e. The lowest BCUT2D eigenvalue weighted by Gasteiger charge is -2.13. The van der Waals surface area contributed by atoms with Gasteiger partial charge in [-0.3, -0.25) is 9.89 Å². The molecule has 5 nitrogen and oxygen atoms in total. The van der Waals surface area contributed by atoms with Crippen LogP contribution in [0.3, 0.4) is 0 Å². The molecule has 4 rings (SSSR count). The zero-order valence-electron chi connectivity index (χ0n) is 15.0. The van der Waals surface area contributed by atoms with Gasteiger partial charge in [0.25, 0.3) is 5.56 Å². The highest BCUT2D eigenvalue weighted by molar-refractivity contribution is 6.09. The molecule has 0 amide bonds. The molecule has 0 bridgehead atoms. The molecule has 2 N–H and O–H groups in total. The molecule has 0 saturated heterocycles. The highest BCUT2D eigenvalue weighted by atomic mass is 16.1. The number of H-pyrrole nitrogens is 2. The van der Waals surface area contributed by atoms with Gasteiger partial charge in [-0.15, -0.1) is 0 Å². The first-order valence-electron chi connectivity index (χ1n) is 8.84. The van der Waals surface area contributed by atoms with Gasteiger partial charge in [-0.1, -0.05) is 18.2 Å². The van der Waals surface area contributed by atoms with Gasteiger partial charge in [0, 0.05) is 18.0 Å². The Labute approximate surface area is 151 Å². The molecule has 0 unspecified atom stereocenters. The molecule has 0 aliphatic rings. The van der Waals surface area contributed by atoms with Crippen LogP contribution in [0.15, 0.2) is 53.7 Å². The van der Waals surface area contributed by atoms with E-state index in [2.05, 4.69) is 58.4 Å². The smallest absolute Gasteiger partial charge is 0.256 e. The number of hydrogen-bond acceptors (Lipinski definition) is 3. The summed E-state index contributed by atoms with van der Waals surface area (Å²) in [6.45, 7) is 1.04. The molecule has 4 aromatic rings. The Balaban J connectivity index is 1.93. The van der Waals surface area contributed by atoms with Crippen LogP contribution in [0.1, 0.15) is 12.0 Å². The Morgan fingerprint density at radius 3 is 2.73 bits per heavy atom. The molecule has 0 spiro atoms. The van der Waals surface area contributed by atoms with Crippen LogP contribution >= 0.6 is 0 Å². The number of nitrogens with one attached hydrogen (secondary N) is 2. The Morgan fingerprint density at radius 2 is 1.96 bits per heavy atom. The van der Waals surface area contributed by atoms with Crippen LogP contribution in [0.5, 0.6) is 0 Å². The van der Waals surface area contributed by atoms with Crippen LogP contribution in [-0.4, -0.2) is 40.7 Å². The zero-order chi connectivity index (χ0) is 18.1. The van der Waals surface area contributed by atoms with Crippen LogP contribution in [-0.2, 0) is 6.42 Å². The van der Waals surface area contributed by atoms with E-state index in [1.54, 1.807) is 12.4 Å². The van der Waals surface area contributed by atoms with Crippen molar-refractivity contribution < 1.29 is 0 Å². The van der Waals surface area contributed by atoms with Crippen molar-refractivity contribution >= 4 is 21.5 Å². The summed E-state index contributed by atoms with van der Waals surface area (Å²) in [5.41, 5.74) is 3.32. The third-order valence-electron chi connectivity index (χ3n) is 4.84. The lowest BCUT2D eigenvalue weighted by atomic mass is 9.93. The van der Waals surface area contributed by atoms with Gasteiger partial charge >= 0.3 is 0 Å². The maximum atomic E-state index is 12.5. The quantitative estimate of drug-likeness (QED) is 0.543. The number of nitrogens with zero attached hydrogens (tertiary/aromatic N) is 2. The molecule has 132 valence electrons. The number of benzene rings is 2. The van der Waals surface area contributed by atoms with Crippen molar-refractivity contribution in [2.75, 3.05) is 20.6 Å². The number of aryl methyl sites for hydroxylation is 1. The lowest BCUT2D eigenvalue weighted by Crippen LogP contribution is -2.13. The summed E-state index contributed by atoms with van der Waals surface area (Å²) >= 11 is 0. The van der Waals surface area contributed by atoms with E-state index in [1.165, 1.54) is 5.56 Å². The van der Waals surface area contributed by atoms with E-state index >= 15 is 0 Å². The van der Waals surface area contributed by atoms with Crippen molar-refractivity contribution in [1.29, 1.82) is 0 Å². The molecule has 2 aromatic carbocycles. The Kier molecular flexibility index (Phi) is 4.31. The number of rotatable bonds is 5. The number of aromatic amines is 2. The third kappa shape index (κ3) is 3.02. The molecular formula is C21H22N4O. The second-order valence-electron chi connectivity index (χ2n) is 6.96. The van der Waals surface area contributed by atoms with Gasteiger partial charge in [-0.2, -0.15) is 5.10 Å². The van der Waals surface area contributed by atoms with E-state index in [4.69, 9.17) is 0 Å². The molecule has 5 heteroatoms. The number of aromatic nitrogens is 3. The maximum absolute atomic E-state index is 12.5. The molecule has 0 aliphatic carbocycles. The van der Waals surface area contributed by atoms with Gasteiger partial charge in [0.2, 0.25) is 0 Å². The Bertz CT molecular complexity index is 1110. The van der Waals surface area contributed by atoms with Crippen LogP contribution in [0.25, 0.3) is 32.7 Å². The van der Waals surface area contributed by atoms with Crippen molar-refractivity contribution in [1.82, 2.24) is 20.1 Å². The zero-order valence-corrected chi connectivity index (χ0v) is 15.0. The van der Waals surface area contributed by atoms with E-state index in [0.717, 1.165) is 52.1 Å². The first-order chi connectivity index (χ1) is 12.6. The van der Waals surface area contributed by atoms with Gasteiger partial charge in [-0.25, -0.2) is 0 Å². The normalized spacial score (nSPS) is 11.7. The minimum Gasteiger partial charge on any atom is -0.329 e.